The molecule has 4 rings (SSSR count). The molecule has 1 aliphatic carbocycles. The second-order valence-electron chi connectivity index (χ2n) is 8.58. The van der Waals surface area contributed by atoms with Crippen LogP contribution < -0.4 is 0 Å². The van der Waals surface area contributed by atoms with Crippen LogP contribution in [0.2, 0.25) is 0 Å². The van der Waals surface area contributed by atoms with Gasteiger partial charge in [-0.25, -0.2) is 8.78 Å². The van der Waals surface area contributed by atoms with Crippen LogP contribution in [-0.2, 0) is 6.42 Å². The lowest BCUT2D eigenvalue weighted by Gasteiger charge is -2.27. The van der Waals surface area contributed by atoms with Gasteiger partial charge in [0.05, 0.1) is 0 Å². The minimum atomic E-state index is -0.824. The van der Waals surface area contributed by atoms with Crippen molar-refractivity contribution >= 4 is 10.8 Å². The van der Waals surface area contributed by atoms with Gasteiger partial charge >= 0.3 is 0 Å². The first-order chi connectivity index (χ1) is 14.6. The van der Waals surface area contributed by atoms with Crippen molar-refractivity contribution in [2.75, 3.05) is 0 Å². The summed E-state index contributed by atoms with van der Waals surface area (Å²) in [6.07, 6.45) is 9.37. The summed E-state index contributed by atoms with van der Waals surface area (Å²) in [5, 5.41) is 0.942. The number of benzene rings is 3. The zero-order valence-corrected chi connectivity index (χ0v) is 17.6. The quantitative estimate of drug-likeness (QED) is 0.393. The normalized spacial score (nSPS) is 18.8. The van der Waals surface area contributed by atoms with Gasteiger partial charge in [0.25, 0.3) is 0 Å². The zero-order chi connectivity index (χ0) is 20.9. The molecule has 0 aromatic heterocycles. The number of hydrogen-bond donors (Lipinski definition) is 0. The number of halogens is 2. The van der Waals surface area contributed by atoms with E-state index in [9.17, 15) is 8.78 Å². The Balaban J connectivity index is 1.37. The molecule has 3 aromatic carbocycles. The predicted molar refractivity (Wildman–Crippen MR) is 120 cm³/mol. The van der Waals surface area contributed by atoms with Gasteiger partial charge in [0.1, 0.15) is 0 Å². The third kappa shape index (κ3) is 4.90. The minimum Gasteiger partial charge on any atom is -0.204 e. The van der Waals surface area contributed by atoms with Crippen LogP contribution in [0.3, 0.4) is 0 Å². The lowest BCUT2D eigenvalue weighted by molar-refractivity contribution is 0.259. The second kappa shape index (κ2) is 9.43. The summed E-state index contributed by atoms with van der Waals surface area (Å²) >= 11 is 0. The smallest absolute Gasteiger partial charge is 0.166 e. The standard InChI is InChI=1S/C28H28F2/c1-2-20-3-5-21(6-4-20)7-8-22-9-11-23(12-10-22)13-14-24-15-17-26-25(19-24)16-18-27(29)28(26)30/h9-12,15-21H,2-8H2,1H3. The van der Waals surface area contributed by atoms with Gasteiger partial charge in [-0.2, -0.15) is 0 Å². The van der Waals surface area contributed by atoms with E-state index < -0.39 is 11.6 Å². The Hall–Kier alpha value is -2.66. The predicted octanol–water partition coefficient (Wildman–Crippen LogP) is 7.67. The summed E-state index contributed by atoms with van der Waals surface area (Å²) in [6.45, 7) is 2.32. The van der Waals surface area contributed by atoms with Gasteiger partial charge in [-0.3, -0.25) is 0 Å². The van der Waals surface area contributed by atoms with Crippen LogP contribution in [0.1, 0.15) is 62.1 Å². The summed E-state index contributed by atoms with van der Waals surface area (Å²) in [6, 6.07) is 16.4. The highest BCUT2D eigenvalue weighted by atomic mass is 19.2. The molecule has 0 saturated heterocycles. The van der Waals surface area contributed by atoms with Crippen molar-refractivity contribution < 1.29 is 8.78 Å². The molecule has 0 N–H and O–H groups in total. The first-order valence-electron chi connectivity index (χ1n) is 11.1. The number of hydrogen-bond acceptors (Lipinski definition) is 0. The van der Waals surface area contributed by atoms with Crippen molar-refractivity contribution in [1.82, 2.24) is 0 Å². The topological polar surface area (TPSA) is 0 Å². The zero-order valence-electron chi connectivity index (χ0n) is 17.6. The summed E-state index contributed by atoms with van der Waals surface area (Å²) in [5.41, 5.74) is 3.13. The van der Waals surface area contributed by atoms with E-state index in [1.807, 2.05) is 0 Å². The van der Waals surface area contributed by atoms with Crippen molar-refractivity contribution in [2.24, 2.45) is 11.8 Å². The molecule has 0 bridgehead atoms. The minimum absolute atomic E-state index is 0.285. The van der Waals surface area contributed by atoms with Gasteiger partial charge in [0.15, 0.2) is 11.6 Å². The molecule has 1 fully saturated rings. The molecule has 0 spiro atoms. The molecular formula is C28H28F2. The van der Waals surface area contributed by atoms with E-state index in [1.165, 1.54) is 44.1 Å². The van der Waals surface area contributed by atoms with Crippen LogP contribution in [0.5, 0.6) is 0 Å². The van der Waals surface area contributed by atoms with Gasteiger partial charge in [0.2, 0.25) is 0 Å². The Morgan fingerprint density at radius 1 is 0.800 bits per heavy atom. The van der Waals surface area contributed by atoms with Crippen molar-refractivity contribution in [3.05, 3.63) is 82.9 Å². The van der Waals surface area contributed by atoms with Crippen molar-refractivity contribution in [2.45, 2.75) is 51.9 Å². The van der Waals surface area contributed by atoms with Crippen molar-refractivity contribution in [3.63, 3.8) is 0 Å². The Labute approximate surface area is 178 Å². The average Bonchev–Trinajstić information content (AvgIpc) is 2.80. The summed E-state index contributed by atoms with van der Waals surface area (Å²) in [4.78, 5) is 0. The van der Waals surface area contributed by atoms with E-state index in [-0.39, 0.29) is 5.39 Å². The van der Waals surface area contributed by atoms with Crippen LogP contribution in [-0.4, -0.2) is 0 Å². The monoisotopic (exact) mass is 402 g/mol. The fraction of sp³-hybridized carbons (Fsp3) is 0.357. The summed E-state index contributed by atoms with van der Waals surface area (Å²) in [5.74, 6) is 6.53. The first-order valence-corrected chi connectivity index (χ1v) is 11.1. The van der Waals surface area contributed by atoms with Gasteiger partial charge in [-0.1, -0.05) is 75.1 Å². The third-order valence-corrected chi connectivity index (χ3v) is 6.60. The largest absolute Gasteiger partial charge is 0.204 e. The number of rotatable bonds is 4. The molecule has 1 saturated carbocycles. The average molecular weight is 403 g/mol. The number of fused-ring (bicyclic) bond motifs is 1. The van der Waals surface area contributed by atoms with E-state index >= 15 is 0 Å². The van der Waals surface area contributed by atoms with Crippen LogP contribution in [0.15, 0.2) is 54.6 Å². The molecule has 0 radical (unpaired) electrons. The molecule has 154 valence electrons. The summed E-state index contributed by atoms with van der Waals surface area (Å²) in [7, 11) is 0. The lowest BCUT2D eigenvalue weighted by Crippen LogP contribution is -2.14. The van der Waals surface area contributed by atoms with Crippen molar-refractivity contribution in [1.29, 1.82) is 0 Å². The molecule has 2 heteroatoms. The Kier molecular flexibility index (Phi) is 6.48. The van der Waals surface area contributed by atoms with Crippen LogP contribution >= 0.6 is 0 Å². The fourth-order valence-electron chi connectivity index (χ4n) is 4.54. The number of aryl methyl sites for hydroxylation is 1. The summed E-state index contributed by atoms with van der Waals surface area (Å²) < 4.78 is 27.2. The van der Waals surface area contributed by atoms with E-state index in [1.54, 1.807) is 24.3 Å². The maximum Gasteiger partial charge on any atom is 0.166 e. The van der Waals surface area contributed by atoms with Crippen LogP contribution in [0.25, 0.3) is 10.8 Å². The molecule has 1 aliphatic rings. The molecule has 0 heterocycles. The highest BCUT2D eigenvalue weighted by molar-refractivity contribution is 5.84. The SMILES string of the molecule is CCC1CCC(CCc2ccc(C#Cc3ccc4c(F)c(F)ccc4c3)cc2)CC1. The molecule has 0 unspecified atom stereocenters. The molecule has 0 aliphatic heterocycles. The second-order valence-corrected chi connectivity index (χ2v) is 8.58. The van der Waals surface area contributed by atoms with E-state index in [0.717, 1.165) is 35.4 Å². The van der Waals surface area contributed by atoms with Gasteiger partial charge in [-0.05, 0) is 66.0 Å². The first kappa shape index (κ1) is 20.6. The Morgan fingerprint density at radius 2 is 1.47 bits per heavy atom. The highest BCUT2D eigenvalue weighted by Gasteiger charge is 2.19. The molecule has 30 heavy (non-hydrogen) atoms. The third-order valence-electron chi connectivity index (χ3n) is 6.60. The van der Waals surface area contributed by atoms with Crippen molar-refractivity contribution in [3.8, 4) is 11.8 Å². The highest BCUT2D eigenvalue weighted by Crippen LogP contribution is 2.33. The molecule has 0 amide bonds. The van der Waals surface area contributed by atoms with Gasteiger partial charge in [0, 0.05) is 16.5 Å². The van der Waals surface area contributed by atoms with Crippen LogP contribution in [0, 0.1) is 35.3 Å². The van der Waals surface area contributed by atoms with E-state index in [2.05, 4.69) is 43.0 Å². The van der Waals surface area contributed by atoms with E-state index in [0.29, 0.717) is 5.39 Å². The maximum absolute atomic E-state index is 13.8. The lowest BCUT2D eigenvalue weighted by atomic mass is 9.78. The Morgan fingerprint density at radius 3 is 2.20 bits per heavy atom. The van der Waals surface area contributed by atoms with Gasteiger partial charge in [-0.15, -0.1) is 0 Å². The van der Waals surface area contributed by atoms with Gasteiger partial charge < -0.3 is 0 Å². The van der Waals surface area contributed by atoms with Crippen LogP contribution in [0.4, 0.5) is 8.78 Å². The maximum atomic E-state index is 13.8. The molecule has 3 aromatic rings. The fourth-order valence-corrected chi connectivity index (χ4v) is 4.54. The molecule has 0 atom stereocenters. The molecule has 0 nitrogen and oxygen atoms in total. The van der Waals surface area contributed by atoms with E-state index in [4.69, 9.17) is 0 Å². The Bertz CT molecular complexity index is 1060. The molecular weight excluding hydrogens is 374 g/mol.